The highest BCUT2D eigenvalue weighted by Gasteiger charge is 2.20. The second-order valence-electron chi connectivity index (χ2n) is 3.61. The van der Waals surface area contributed by atoms with E-state index < -0.39 is 0 Å². The average molecular weight is 180 g/mol. The van der Waals surface area contributed by atoms with Gasteiger partial charge >= 0.3 is 0 Å². The lowest BCUT2D eigenvalue weighted by Crippen LogP contribution is -2.45. The van der Waals surface area contributed by atoms with Gasteiger partial charge in [0.15, 0.2) is 0 Å². The first-order valence-corrected chi connectivity index (χ1v) is 4.66. The molecule has 2 N–H and O–H groups in total. The summed E-state index contributed by atoms with van der Waals surface area (Å²) in [4.78, 5) is 11.3. The Morgan fingerprint density at radius 1 is 1.77 bits per heavy atom. The minimum atomic E-state index is 0.102. The van der Waals surface area contributed by atoms with Crippen LogP contribution in [0, 0.1) is 18.3 Å². The van der Waals surface area contributed by atoms with Crippen LogP contribution in [-0.4, -0.2) is 25.0 Å². The Morgan fingerprint density at radius 2 is 2.46 bits per heavy atom. The van der Waals surface area contributed by atoms with Gasteiger partial charge < -0.3 is 10.6 Å². The molecule has 1 rings (SSSR count). The van der Waals surface area contributed by atoms with Crippen molar-refractivity contribution in [1.82, 2.24) is 10.6 Å². The van der Waals surface area contributed by atoms with E-state index in [0.717, 1.165) is 13.1 Å². The number of carbonyl (C=O) groups excluding carboxylic acids is 1. The first-order valence-electron chi connectivity index (χ1n) is 4.66. The lowest BCUT2D eigenvalue weighted by molar-refractivity contribution is -0.122. The fourth-order valence-electron chi connectivity index (χ4n) is 1.32. The Kier molecular flexibility index (Phi) is 3.78. The van der Waals surface area contributed by atoms with E-state index in [1.807, 2.05) is 6.92 Å². The summed E-state index contributed by atoms with van der Waals surface area (Å²) in [6.07, 6.45) is 6.37. The summed E-state index contributed by atoms with van der Waals surface area (Å²) in [5.74, 6) is 3.17. The highest BCUT2D eigenvalue weighted by molar-refractivity contribution is 5.76. The maximum absolute atomic E-state index is 11.3. The third-order valence-corrected chi connectivity index (χ3v) is 2.17. The number of amides is 1. The molecule has 1 amide bonds. The van der Waals surface area contributed by atoms with Crippen LogP contribution in [0.1, 0.15) is 19.8 Å². The second-order valence-corrected chi connectivity index (χ2v) is 3.61. The van der Waals surface area contributed by atoms with Crippen molar-refractivity contribution in [1.29, 1.82) is 0 Å². The average Bonchev–Trinajstić information content (AvgIpc) is 1.97. The molecule has 0 saturated carbocycles. The first-order chi connectivity index (χ1) is 6.22. The van der Waals surface area contributed by atoms with Gasteiger partial charge in [-0.3, -0.25) is 4.79 Å². The molecule has 0 bridgehead atoms. The van der Waals surface area contributed by atoms with E-state index in [-0.39, 0.29) is 11.9 Å². The normalized spacial score (nSPS) is 18.5. The number of hydrogen-bond donors (Lipinski definition) is 2. The summed E-state index contributed by atoms with van der Waals surface area (Å²) in [6.45, 7) is 3.87. The monoisotopic (exact) mass is 180 g/mol. The molecule has 0 spiro atoms. The molecule has 1 aliphatic rings. The number of carbonyl (C=O) groups is 1. The third kappa shape index (κ3) is 3.47. The summed E-state index contributed by atoms with van der Waals surface area (Å²) in [7, 11) is 0. The lowest BCUT2D eigenvalue weighted by atomic mass is 9.99. The largest absolute Gasteiger partial charge is 0.353 e. The fraction of sp³-hybridized carbons (Fsp3) is 0.700. The summed E-state index contributed by atoms with van der Waals surface area (Å²) in [5, 5.41) is 6.00. The third-order valence-electron chi connectivity index (χ3n) is 2.17. The molecule has 1 saturated heterocycles. The van der Waals surface area contributed by atoms with E-state index in [4.69, 9.17) is 6.42 Å². The molecule has 0 aromatic rings. The van der Waals surface area contributed by atoms with Crippen LogP contribution in [0.3, 0.4) is 0 Å². The summed E-state index contributed by atoms with van der Waals surface area (Å²) < 4.78 is 0. The van der Waals surface area contributed by atoms with Crippen LogP contribution in [0.4, 0.5) is 0 Å². The topological polar surface area (TPSA) is 41.1 Å². The number of terminal acetylenes is 1. The first kappa shape index (κ1) is 10.1. The molecule has 0 aromatic carbocycles. The van der Waals surface area contributed by atoms with E-state index in [1.54, 1.807) is 0 Å². The molecule has 0 radical (unpaired) electrons. The molecular weight excluding hydrogens is 164 g/mol. The maximum Gasteiger partial charge on any atom is 0.220 e. The maximum atomic E-state index is 11.3. The van der Waals surface area contributed by atoms with Gasteiger partial charge in [-0.15, -0.1) is 12.3 Å². The predicted octanol–water partition coefficient (Wildman–Crippen LogP) is 0.124. The van der Waals surface area contributed by atoms with E-state index in [1.165, 1.54) is 0 Å². The van der Waals surface area contributed by atoms with Gasteiger partial charge in [0.25, 0.3) is 0 Å². The standard InChI is InChI=1S/C10H16N2O/c1-3-4-8(2)12-10(13)5-9-6-11-7-9/h1,8-9,11H,4-7H2,2H3,(H,12,13). The summed E-state index contributed by atoms with van der Waals surface area (Å²) in [6, 6.07) is 0.102. The van der Waals surface area contributed by atoms with Crippen molar-refractivity contribution < 1.29 is 4.79 Å². The number of rotatable bonds is 4. The van der Waals surface area contributed by atoms with Crippen molar-refractivity contribution in [3.8, 4) is 12.3 Å². The van der Waals surface area contributed by atoms with Gasteiger partial charge in [0.2, 0.25) is 5.91 Å². The Bertz CT molecular complexity index is 215. The fourth-order valence-corrected chi connectivity index (χ4v) is 1.32. The van der Waals surface area contributed by atoms with Crippen molar-refractivity contribution in [2.45, 2.75) is 25.8 Å². The highest BCUT2D eigenvalue weighted by Crippen LogP contribution is 2.07. The van der Waals surface area contributed by atoms with Crippen LogP contribution in [0.15, 0.2) is 0 Å². The molecule has 0 aromatic heterocycles. The SMILES string of the molecule is C#CCC(C)NC(=O)CC1CNC1. The number of hydrogen-bond acceptors (Lipinski definition) is 2. The van der Waals surface area contributed by atoms with Crippen molar-refractivity contribution >= 4 is 5.91 Å². The van der Waals surface area contributed by atoms with Gasteiger partial charge in [-0.1, -0.05) is 0 Å². The van der Waals surface area contributed by atoms with Crippen LogP contribution >= 0.6 is 0 Å². The van der Waals surface area contributed by atoms with Crippen LogP contribution in [0.2, 0.25) is 0 Å². The van der Waals surface area contributed by atoms with Crippen LogP contribution in [-0.2, 0) is 4.79 Å². The van der Waals surface area contributed by atoms with E-state index in [0.29, 0.717) is 18.8 Å². The Balaban J connectivity index is 2.13. The molecule has 13 heavy (non-hydrogen) atoms. The van der Waals surface area contributed by atoms with Crippen molar-refractivity contribution in [2.75, 3.05) is 13.1 Å². The van der Waals surface area contributed by atoms with Crippen LogP contribution in [0.5, 0.6) is 0 Å². The smallest absolute Gasteiger partial charge is 0.220 e. The summed E-state index contributed by atoms with van der Waals surface area (Å²) >= 11 is 0. The van der Waals surface area contributed by atoms with E-state index in [9.17, 15) is 4.79 Å². The van der Waals surface area contributed by atoms with Crippen LogP contribution < -0.4 is 10.6 Å². The molecule has 3 nitrogen and oxygen atoms in total. The molecule has 1 atom stereocenters. The van der Waals surface area contributed by atoms with Gasteiger partial charge in [0.05, 0.1) is 0 Å². The van der Waals surface area contributed by atoms with Gasteiger partial charge in [-0.05, 0) is 25.9 Å². The van der Waals surface area contributed by atoms with Crippen molar-refractivity contribution in [2.24, 2.45) is 5.92 Å². The lowest BCUT2D eigenvalue weighted by Gasteiger charge is -2.26. The Labute approximate surface area is 79.3 Å². The second kappa shape index (κ2) is 4.88. The zero-order valence-corrected chi connectivity index (χ0v) is 7.97. The Morgan fingerprint density at radius 3 is 2.92 bits per heavy atom. The van der Waals surface area contributed by atoms with E-state index in [2.05, 4.69) is 16.6 Å². The van der Waals surface area contributed by atoms with Gasteiger partial charge in [0.1, 0.15) is 0 Å². The van der Waals surface area contributed by atoms with E-state index >= 15 is 0 Å². The Hall–Kier alpha value is -1.01. The zero-order valence-electron chi connectivity index (χ0n) is 7.97. The summed E-state index contributed by atoms with van der Waals surface area (Å²) in [5.41, 5.74) is 0. The minimum Gasteiger partial charge on any atom is -0.353 e. The molecule has 1 fully saturated rings. The van der Waals surface area contributed by atoms with Gasteiger partial charge in [-0.25, -0.2) is 0 Å². The minimum absolute atomic E-state index is 0.102. The molecular formula is C10H16N2O. The highest BCUT2D eigenvalue weighted by atomic mass is 16.1. The quantitative estimate of drug-likeness (QED) is 0.603. The molecule has 0 aliphatic carbocycles. The zero-order chi connectivity index (χ0) is 9.68. The van der Waals surface area contributed by atoms with Crippen molar-refractivity contribution in [3.05, 3.63) is 0 Å². The van der Waals surface area contributed by atoms with Gasteiger partial charge in [0, 0.05) is 18.9 Å². The van der Waals surface area contributed by atoms with Crippen molar-refractivity contribution in [3.63, 3.8) is 0 Å². The molecule has 72 valence electrons. The van der Waals surface area contributed by atoms with Gasteiger partial charge in [-0.2, -0.15) is 0 Å². The molecule has 3 heteroatoms. The molecule has 1 unspecified atom stereocenters. The molecule has 1 aliphatic heterocycles. The number of nitrogens with one attached hydrogen (secondary N) is 2. The predicted molar refractivity (Wildman–Crippen MR) is 52.0 cm³/mol. The molecule has 1 heterocycles. The van der Waals surface area contributed by atoms with Crippen LogP contribution in [0.25, 0.3) is 0 Å².